The lowest BCUT2D eigenvalue weighted by Gasteiger charge is -2.37. The van der Waals surface area contributed by atoms with E-state index in [1.54, 1.807) is 12.1 Å². The Hall–Kier alpha value is -1.46. The zero-order chi connectivity index (χ0) is 16.9. The number of halogens is 1. The van der Waals surface area contributed by atoms with E-state index >= 15 is 0 Å². The Kier molecular flexibility index (Phi) is 6.13. The minimum absolute atomic E-state index is 0.0834. The lowest BCUT2D eigenvalue weighted by molar-refractivity contribution is -0.131. The fourth-order valence-corrected chi connectivity index (χ4v) is 3.21. The molecular weight excluding hydrogens is 297 g/mol. The normalized spacial score (nSPS) is 18.7. The highest BCUT2D eigenvalue weighted by atomic mass is 19.1. The van der Waals surface area contributed by atoms with E-state index in [0.29, 0.717) is 32.0 Å². The number of aliphatic hydroxyl groups is 1. The van der Waals surface area contributed by atoms with Crippen LogP contribution in [-0.4, -0.2) is 36.9 Å². The first-order valence-electron chi connectivity index (χ1n) is 8.23. The monoisotopic (exact) mass is 323 g/mol. The zero-order valence-corrected chi connectivity index (χ0v) is 13.8. The molecular formula is C18H26FNO3. The zero-order valence-electron chi connectivity index (χ0n) is 13.8. The topological polar surface area (TPSA) is 58.6 Å². The van der Waals surface area contributed by atoms with Crippen molar-refractivity contribution in [3.8, 4) is 0 Å². The van der Waals surface area contributed by atoms with Crippen molar-refractivity contribution in [2.45, 2.75) is 44.6 Å². The number of carbonyl (C=O) groups excluding carboxylic acids is 1. The summed E-state index contributed by atoms with van der Waals surface area (Å²) < 4.78 is 18.6. The predicted octanol–water partition coefficient (Wildman–Crippen LogP) is 2.40. The smallest absolute Gasteiger partial charge is 0.231 e. The van der Waals surface area contributed by atoms with E-state index in [2.05, 4.69) is 19.2 Å². The number of nitrogens with one attached hydrogen (secondary N) is 1. The SMILES string of the molecule is CC(C)CC(CO)NC(=O)C1(c2ccc(F)cc2)CCOCC1. The number of rotatable bonds is 6. The molecule has 2 N–H and O–H groups in total. The summed E-state index contributed by atoms with van der Waals surface area (Å²) in [6.07, 6.45) is 1.84. The van der Waals surface area contributed by atoms with Crippen molar-refractivity contribution in [1.82, 2.24) is 5.32 Å². The molecule has 23 heavy (non-hydrogen) atoms. The van der Waals surface area contributed by atoms with Crippen molar-refractivity contribution in [3.05, 3.63) is 35.6 Å². The van der Waals surface area contributed by atoms with Gasteiger partial charge in [0, 0.05) is 13.2 Å². The Bertz CT molecular complexity index is 510. The Morgan fingerprint density at radius 1 is 1.30 bits per heavy atom. The van der Waals surface area contributed by atoms with Crippen LogP contribution in [0.3, 0.4) is 0 Å². The number of aliphatic hydroxyl groups excluding tert-OH is 1. The first-order valence-corrected chi connectivity index (χ1v) is 8.23. The van der Waals surface area contributed by atoms with E-state index in [4.69, 9.17) is 4.74 Å². The second-order valence-electron chi connectivity index (χ2n) is 6.68. The summed E-state index contributed by atoms with van der Waals surface area (Å²) in [5, 5.41) is 12.5. The Morgan fingerprint density at radius 2 is 1.91 bits per heavy atom. The van der Waals surface area contributed by atoms with Gasteiger partial charge in [-0.25, -0.2) is 4.39 Å². The maximum atomic E-state index is 13.2. The van der Waals surface area contributed by atoms with Gasteiger partial charge in [0.15, 0.2) is 0 Å². The summed E-state index contributed by atoms with van der Waals surface area (Å²) in [7, 11) is 0. The average Bonchev–Trinajstić information content (AvgIpc) is 2.55. The van der Waals surface area contributed by atoms with Gasteiger partial charge in [-0.1, -0.05) is 26.0 Å². The standard InChI is InChI=1S/C18H26FNO3/c1-13(2)11-16(12-21)20-17(22)18(7-9-23-10-8-18)14-3-5-15(19)6-4-14/h3-6,13,16,21H,7-12H2,1-2H3,(H,20,22). The molecule has 128 valence electrons. The first-order chi connectivity index (χ1) is 11.0. The van der Waals surface area contributed by atoms with Crippen LogP contribution in [0.15, 0.2) is 24.3 Å². The second kappa shape index (κ2) is 7.88. The van der Waals surface area contributed by atoms with Gasteiger partial charge in [0.25, 0.3) is 0 Å². The van der Waals surface area contributed by atoms with E-state index in [0.717, 1.165) is 12.0 Å². The van der Waals surface area contributed by atoms with Crippen molar-refractivity contribution in [3.63, 3.8) is 0 Å². The summed E-state index contributed by atoms with van der Waals surface area (Å²) in [5.74, 6) is -0.0413. The largest absolute Gasteiger partial charge is 0.394 e. The molecule has 0 aromatic heterocycles. The third-order valence-electron chi connectivity index (χ3n) is 4.49. The molecule has 5 heteroatoms. The first kappa shape index (κ1) is 17.9. The molecule has 0 radical (unpaired) electrons. The van der Waals surface area contributed by atoms with Crippen LogP contribution < -0.4 is 5.32 Å². The van der Waals surface area contributed by atoms with E-state index in [1.165, 1.54) is 12.1 Å². The van der Waals surface area contributed by atoms with Crippen molar-refractivity contribution < 1.29 is 19.0 Å². The fraction of sp³-hybridized carbons (Fsp3) is 0.611. The quantitative estimate of drug-likeness (QED) is 0.845. The number of hydrogen-bond acceptors (Lipinski definition) is 3. The molecule has 1 aromatic rings. The molecule has 1 fully saturated rings. The second-order valence-corrected chi connectivity index (χ2v) is 6.68. The molecule has 0 aliphatic carbocycles. The summed E-state index contributed by atoms with van der Waals surface area (Å²) in [5.41, 5.74) is 0.0945. The summed E-state index contributed by atoms with van der Waals surface area (Å²) >= 11 is 0. The molecule has 0 saturated carbocycles. The molecule has 2 rings (SSSR count). The predicted molar refractivity (Wildman–Crippen MR) is 86.6 cm³/mol. The van der Waals surface area contributed by atoms with Crippen LogP contribution in [0.4, 0.5) is 4.39 Å². The molecule has 1 aromatic carbocycles. The average molecular weight is 323 g/mol. The molecule has 1 atom stereocenters. The van der Waals surface area contributed by atoms with Gasteiger partial charge in [0.2, 0.25) is 5.91 Å². The van der Waals surface area contributed by atoms with Crippen LogP contribution in [0.5, 0.6) is 0 Å². The number of ether oxygens (including phenoxy) is 1. The van der Waals surface area contributed by atoms with Crippen LogP contribution in [0.25, 0.3) is 0 Å². The van der Waals surface area contributed by atoms with Gasteiger partial charge in [-0.05, 0) is 42.9 Å². The minimum Gasteiger partial charge on any atom is -0.394 e. The van der Waals surface area contributed by atoms with Crippen LogP contribution in [0.2, 0.25) is 0 Å². The van der Waals surface area contributed by atoms with Crippen molar-refractivity contribution in [2.24, 2.45) is 5.92 Å². The maximum Gasteiger partial charge on any atom is 0.231 e. The number of amides is 1. The molecule has 4 nitrogen and oxygen atoms in total. The van der Waals surface area contributed by atoms with Crippen molar-refractivity contribution in [2.75, 3.05) is 19.8 Å². The highest BCUT2D eigenvalue weighted by Gasteiger charge is 2.42. The Balaban J connectivity index is 2.23. The molecule has 1 aliphatic heterocycles. The van der Waals surface area contributed by atoms with E-state index in [-0.39, 0.29) is 24.4 Å². The summed E-state index contributed by atoms with van der Waals surface area (Å²) in [6.45, 7) is 5.02. The van der Waals surface area contributed by atoms with Crippen LogP contribution in [0, 0.1) is 11.7 Å². The van der Waals surface area contributed by atoms with Gasteiger partial charge >= 0.3 is 0 Å². The third-order valence-corrected chi connectivity index (χ3v) is 4.49. The van der Waals surface area contributed by atoms with Crippen LogP contribution >= 0.6 is 0 Å². The van der Waals surface area contributed by atoms with E-state index in [1.807, 2.05) is 0 Å². The van der Waals surface area contributed by atoms with Gasteiger partial charge < -0.3 is 15.2 Å². The third kappa shape index (κ3) is 4.30. The van der Waals surface area contributed by atoms with Crippen LogP contribution in [-0.2, 0) is 14.9 Å². The van der Waals surface area contributed by atoms with Gasteiger partial charge in [-0.3, -0.25) is 4.79 Å². The highest BCUT2D eigenvalue weighted by Crippen LogP contribution is 2.35. The van der Waals surface area contributed by atoms with Gasteiger partial charge in [0.1, 0.15) is 5.82 Å². The molecule has 1 unspecified atom stereocenters. The van der Waals surface area contributed by atoms with Gasteiger partial charge in [0.05, 0.1) is 18.1 Å². The van der Waals surface area contributed by atoms with Crippen molar-refractivity contribution in [1.29, 1.82) is 0 Å². The molecule has 1 heterocycles. The van der Waals surface area contributed by atoms with Crippen molar-refractivity contribution >= 4 is 5.91 Å². The van der Waals surface area contributed by atoms with E-state index in [9.17, 15) is 14.3 Å². The highest BCUT2D eigenvalue weighted by molar-refractivity contribution is 5.88. The maximum absolute atomic E-state index is 13.2. The number of hydrogen-bond donors (Lipinski definition) is 2. The molecule has 0 bridgehead atoms. The lowest BCUT2D eigenvalue weighted by Crippen LogP contribution is -2.52. The fourth-order valence-electron chi connectivity index (χ4n) is 3.21. The van der Waals surface area contributed by atoms with Gasteiger partial charge in [-0.2, -0.15) is 0 Å². The van der Waals surface area contributed by atoms with E-state index < -0.39 is 5.41 Å². The molecule has 1 aliphatic rings. The Labute approximate surface area is 137 Å². The Morgan fingerprint density at radius 3 is 2.43 bits per heavy atom. The summed E-state index contributed by atoms with van der Waals surface area (Å²) in [6, 6.07) is 5.87. The lowest BCUT2D eigenvalue weighted by atomic mass is 9.73. The number of carbonyl (C=O) groups is 1. The molecule has 1 amide bonds. The van der Waals surface area contributed by atoms with Gasteiger partial charge in [-0.15, -0.1) is 0 Å². The summed E-state index contributed by atoms with van der Waals surface area (Å²) in [4.78, 5) is 13.0. The number of benzene rings is 1. The van der Waals surface area contributed by atoms with Crippen LogP contribution in [0.1, 0.15) is 38.7 Å². The molecule has 1 saturated heterocycles. The molecule has 0 spiro atoms. The minimum atomic E-state index is -0.712.